The number of carboxylic acid groups (broad SMARTS) is 1. The molecule has 2 aromatic carbocycles. The van der Waals surface area contributed by atoms with Crippen LogP contribution in [-0.2, 0) is 0 Å². The van der Waals surface area contributed by atoms with Gasteiger partial charge in [-0.05, 0) is 24.3 Å². The fourth-order valence-electron chi connectivity index (χ4n) is 1.56. The molecule has 2 N–H and O–H groups in total. The van der Waals surface area contributed by atoms with Gasteiger partial charge < -0.3 is 10.4 Å². The minimum absolute atomic E-state index is 0.0387. The van der Waals surface area contributed by atoms with Crippen molar-refractivity contribution in [3.8, 4) is 0 Å². The molecule has 0 fully saturated rings. The van der Waals surface area contributed by atoms with Crippen LogP contribution in [0, 0.1) is 29.1 Å². The molecule has 8 heteroatoms. The first-order valence-electron chi connectivity index (χ1n) is 5.44. The zero-order valence-electron chi connectivity index (χ0n) is 10.1. The molecule has 0 unspecified atom stereocenters. The summed E-state index contributed by atoms with van der Waals surface area (Å²) in [7, 11) is 0. The Balaban J connectivity index is 2.42. The maximum atomic E-state index is 13.4. The first-order valence-corrected chi connectivity index (χ1v) is 5.44. The van der Waals surface area contributed by atoms with Gasteiger partial charge in [-0.15, -0.1) is 0 Å². The van der Waals surface area contributed by atoms with Crippen molar-refractivity contribution >= 4 is 17.3 Å². The van der Waals surface area contributed by atoms with Crippen LogP contribution in [0.1, 0.15) is 10.4 Å². The summed E-state index contributed by atoms with van der Waals surface area (Å²) < 4.78 is 65.7. The molecule has 21 heavy (non-hydrogen) atoms. The molecule has 0 aliphatic rings. The number of hydrogen-bond donors (Lipinski definition) is 2. The molecule has 0 aliphatic carbocycles. The summed E-state index contributed by atoms with van der Waals surface area (Å²) in [4.78, 5) is 10.6. The van der Waals surface area contributed by atoms with Gasteiger partial charge in [0.15, 0.2) is 23.3 Å². The normalized spacial score (nSPS) is 10.5. The maximum Gasteiger partial charge on any atom is 0.335 e. The third kappa shape index (κ3) is 2.64. The van der Waals surface area contributed by atoms with E-state index in [0.29, 0.717) is 0 Å². The molecule has 0 bridgehead atoms. The highest BCUT2D eigenvalue weighted by atomic mass is 19.2. The number of anilines is 2. The summed E-state index contributed by atoms with van der Waals surface area (Å²) in [6, 6.07) is 4.47. The topological polar surface area (TPSA) is 49.3 Å². The van der Waals surface area contributed by atoms with Gasteiger partial charge in [-0.1, -0.05) is 0 Å². The third-order valence-corrected chi connectivity index (χ3v) is 2.61. The van der Waals surface area contributed by atoms with E-state index in [1.165, 1.54) is 0 Å². The predicted octanol–water partition coefficient (Wildman–Crippen LogP) is 3.82. The van der Waals surface area contributed by atoms with E-state index < -0.39 is 40.7 Å². The van der Waals surface area contributed by atoms with Crippen LogP contribution in [0.25, 0.3) is 0 Å². The van der Waals surface area contributed by atoms with Crippen LogP contribution in [0.2, 0.25) is 0 Å². The van der Waals surface area contributed by atoms with Crippen molar-refractivity contribution in [2.45, 2.75) is 0 Å². The Kier molecular flexibility index (Phi) is 3.79. The smallest absolute Gasteiger partial charge is 0.335 e. The molecular formula is C13H6F5NO2. The van der Waals surface area contributed by atoms with Gasteiger partial charge in [0, 0.05) is 5.69 Å². The number of halogens is 5. The van der Waals surface area contributed by atoms with Gasteiger partial charge in [-0.3, -0.25) is 0 Å². The van der Waals surface area contributed by atoms with Crippen molar-refractivity contribution in [3.05, 3.63) is 58.9 Å². The largest absolute Gasteiger partial charge is 0.478 e. The zero-order chi connectivity index (χ0) is 15.7. The van der Waals surface area contributed by atoms with E-state index in [2.05, 4.69) is 0 Å². The Morgan fingerprint density at radius 3 is 1.67 bits per heavy atom. The average Bonchev–Trinajstić information content (AvgIpc) is 2.48. The van der Waals surface area contributed by atoms with Gasteiger partial charge in [0.05, 0.1) is 5.56 Å². The summed E-state index contributed by atoms with van der Waals surface area (Å²) in [6.07, 6.45) is 0. The Morgan fingerprint density at radius 2 is 1.24 bits per heavy atom. The van der Waals surface area contributed by atoms with E-state index >= 15 is 0 Å². The van der Waals surface area contributed by atoms with E-state index in [9.17, 15) is 26.7 Å². The molecule has 0 saturated heterocycles. The molecule has 0 amide bonds. The number of carbonyl (C=O) groups is 1. The third-order valence-electron chi connectivity index (χ3n) is 2.61. The van der Waals surface area contributed by atoms with Crippen LogP contribution < -0.4 is 5.32 Å². The number of aromatic carboxylic acids is 1. The minimum Gasteiger partial charge on any atom is -0.478 e. The van der Waals surface area contributed by atoms with Crippen molar-refractivity contribution in [3.63, 3.8) is 0 Å². The first-order chi connectivity index (χ1) is 9.82. The Labute approximate surface area is 114 Å². The number of hydrogen-bond acceptors (Lipinski definition) is 2. The molecule has 110 valence electrons. The number of nitrogens with one attached hydrogen (secondary N) is 1. The number of rotatable bonds is 3. The number of benzene rings is 2. The van der Waals surface area contributed by atoms with E-state index in [0.717, 1.165) is 24.3 Å². The standard InChI is InChI=1S/C13H6F5NO2/c14-7-8(15)10(17)12(11(18)9(7)16)19-6-3-1-5(2-4-6)13(20)21/h1-4,19H,(H,20,21). The minimum atomic E-state index is -2.25. The van der Waals surface area contributed by atoms with Crippen LogP contribution in [-0.4, -0.2) is 11.1 Å². The Morgan fingerprint density at radius 1 is 0.810 bits per heavy atom. The fraction of sp³-hybridized carbons (Fsp3) is 0. The summed E-state index contributed by atoms with van der Waals surface area (Å²) in [5, 5.41) is 10.7. The SMILES string of the molecule is O=C(O)c1ccc(Nc2c(F)c(F)c(F)c(F)c2F)cc1. The highest BCUT2D eigenvalue weighted by Crippen LogP contribution is 2.29. The molecule has 2 aromatic rings. The van der Waals surface area contributed by atoms with Crippen molar-refractivity contribution < 1.29 is 31.9 Å². The molecule has 0 aliphatic heterocycles. The van der Waals surface area contributed by atoms with Gasteiger partial charge >= 0.3 is 5.97 Å². The Hall–Kier alpha value is -2.64. The highest BCUT2D eigenvalue weighted by Gasteiger charge is 2.25. The predicted molar refractivity (Wildman–Crippen MR) is 62.9 cm³/mol. The van der Waals surface area contributed by atoms with Gasteiger partial charge in [0.2, 0.25) is 5.82 Å². The lowest BCUT2D eigenvalue weighted by molar-refractivity contribution is 0.0697. The lowest BCUT2D eigenvalue weighted by Crippen LogP contribution is -2.07. The van der Waals surface area contributed by atoms with E-state index in [-0.39, 0.29) is 11.3 Å². The summed E-state index contributed by atoms with van der Waals surface area (Å²) >= 11 is 0. The summed E-state index contributed by atoms with van der Waals surface area (Å²) in [5.41, 5.74) is -1.35. The molecule has 0 spiro atoms. The molecule has 0 atom stereocenters. The second-order valence-electron chi connectivity index (χ2n) is 3.95. The second-order valence-corrected chi connectivity index (χ2v) is 3.95. The average molecular weight is 303 g/mol. The van der Waals surface area contributed by atoms with Crippen LogP contribution in [0.4, 0.5) is 33.3 Å². The van der Waals surface area contributed by atoms with Gasteiger partial charge in [0.1, 0.15) is 5.69 Å². The van der Waals surface area contributed by atoms with Crippen molar-refractivity contribution in [2.75, 3.05) is 5.32 Å². The van der Waals surface area contributed by atoms with Crippen molar-refractivity contribution in [2.24, 2.45) is 0 Å². The van der Waals surface area contributed by atoms with E-state index in [4.69, 9.17) is 5.11 Å². The second kappa shape index (κ2) is 5.39. The number of carboxylic acids is 1. The lowest BCUT2D eigenvalue weighted by Gasteiger charge is -2.11. The summed E-state index contributed by atoms with van der Waals surface area (Å²) in [6.45, 7) is 0. The van der Waals surface area contributed by atoms with Gasteiger partial charge in [-0.2, -0.15) is 0 Å². The Bertz CT molecular complexity index is 686. The maximum absolute atomic E-state index is 13.4. The van der Waals surface area contributed by atoms with Crippen LogP contribution >= 0.6 is 0 Å². The molecule has 0 radical (unpaired) electrons. The van der Waals surface area contributed by atoms with Crippen LogP contribution in [0.3, 0.4) is 0 Å². The molecular weight excluding hydrogens is 297 g/mol. The van der Waals surface area contributed by atoms with Crippen molar-refractivity contribution in [1.29, 1.82) is 0 Å². The fourth-order valence-corrected chi connectivity index (χ4v) is 1.56. The first kappa shape index (κ1) is 14.8. The molecule has 0 saturated carbocycles. The lowest BCUT2D eigenvalue weighted by atomic mass is 10.2. The summed E-state index contributed by atoms with van der Waals surface area (Å²) in [5.74, 6) is -11.6. The van der Waals surface area contributed by atoms with Crippen LogP contribution in [0.5, 0.6) is 0 Å². The van der Waals surface area contributed by atoms with Crippen molar-refractivity contribution in [1.82, 2.24) is 0 Å². The molecule has 3 nitrogen and oxygen atoms in total. The van der Waals surface area contributed by atoms with Crippen LogP contribution in [0.15, 0.2) is 24.3 Å². The zero-order valence-corrected chi connectivity index (χ0v) is 10.1. The molecule has 0 heterocycles. The van der Waals surface area contributed by atoms with Gasteiger partial charge in [0.25, 0.3) is 0 Å². The highest BCUT2D eigenvalue weighted by molar-refractivity contribution is 5.88. The monoisotopic (exact) mass is 303 g/mol. The van der Waals surface area contributed by atoms with E-state index in [1.807, 2.05) is 5.32 Å². The molecule has 2 rings (SSSR count). The quantitative estimate of drug-likeness (QED) is 0.515. The van der Waals surface area contributed by atoms with E-state index in [1.54, 1.807) is 0 Å². The van der Waals surface area contributed by atoms with Gasteiger partial charge in [-0.25, -0.2) is 26.7 Å². The molecule has 0 aromatic heterocycles.